The van der Waals surface area contributed by atoms with Crippen molar-refractivity contribution in [3.8, 4) is 22.3 Å². The van der Waals surface area contributed by atoms with Gasteiger partial charge in [0, 0.05) is 16.1 Å². The Balaban J connectivity index is 1.62. The number of hydrogen-bond donors (Lipinski definition) is 1. The van der Waals surface area contributed by atoms with Crippen molar-refractivity contribution in [2.24, 2.45) is 0 Å². The third kappa shape index (κ3) is 2.53. The number of amides is 1. The first kappa shape index (κ1) is 16.4. The first-order chi connectivity index (χ1) is 13.1. The minimum Gasteiger partial charge on any atom is -0.321 e. The number of nitrogens with one attached hydrogen (secondary N) is 1. The second kappa shape index (κ2) is 6.12. The van der Waals surface area contributed by atoms with Crippen molar-refractivity contribution in [1.82, 2.24) is 0 Å². The first-order valence-corrected chi connectivity index (χ1v) is 9.31. The molecule has 0 bridgehead atoms. The molecule has 0 spiro atoms. The molecule has 0 fully saturated rings. The molecule has 0 saturated heterocycles. The van der Waals surface area contributed by atoms with Gasteiger partial charge in [0.1, 0.15) is 0 Å². The summed E-state index contributed by atoms with van der Waals surface area (Å²) < 4.78 is 0. The zero-order valence-corrected chi connectivity index (χ0v) is 15.6. The summed E-state index contributed by atoms with van der Waals surface area (Å²) >= 11 is 12.1. The second-order valence-electron chi connectivity index (χ2n) is 6.51. The first-order valence-electron chi connectivity index (χ1n) is 8.55. The van der Waals surface area contributed by atoms with Crippen molar-refractivity contribution >= 4 is 45.6 Å². The highest BCUT2D eigenvalue weighted by Gasteiger charge is 2.22. The molecule has 2 nitrogen and oxygen atoms in total. The molecule has 0 aliphatic heterocycles. The fraction of sp³-hybridized carbons (Fsp3) is 0. The van der Waals surface area contributed by atoms with E-state index >= 15 is 0 Å². The average Bonchev–Trinajstić information content (AvgIpc) is 2.99. The van der Waals surface area contributed by atoms with Crippen LogP contribution in [0.5, 0.6) is 0 Å². The molecule has 0 atom stereocenters. The van der Waals surface area contributed by atoms with Crippen molar-refractivity contribution < 1.29 is 4.79 Å². The fourth-order valence-electron chi connectivity index (χ4n) is 3.78. The Labute approximate surface area is 166 Å². The van der Waals surface area contributed by atoms with Crippen LogP contribution in [0.15, 0.2) is 72.8 Å². The molecule has 1 amide bonds. The average molecular weight is 390 g/mol. The van der Waals surface area contributed by atoms with Gasteiger partial charge in [0.25, 0.3) is 5.91 Å². The molecule has 0 aromatic heterocycles. The van der Waals surface area contributed by atoms with Crippen LogP contribution in [0.4, 0.5) is 5.69 Å². The molecular weight excluding hydrogens is 377 g/mol. The summed E-state index contributed by atoms with van der Waals surface area (Å²) in [5.41, 5.74) is 5.99. The van der Waals surface area contributed by atoms with Gasteiger partial charge in [-0.15, -0.1) is 0 Å². The monoisotopic (exact) mass is 389 g/mol. The second-order valence-corrected chi connectivity index (χ2v) is 7.36. The summed E-state index contributed by atoms with van der Waals surface area (Å²) in [6.45, 7) is 0. The fourth-order valence-corrected chi connectivity index (χ4v) is 4.28. The zero-order chi connectivity index (χ0) is 18.5. The maximum atomic E-state index is 12.8. The standard InChI is InChI=1S/C23H13Cl2NO/c24-13-8-9-18(20(25)12-13)23(27)26-21-11-10-17-15-5-2-1-4-14(15)16-6-3-7-19(21)22(16)17/h1-12H,(H,26,27). The third-order valence-electron chi connectivity index (χ3n) is 4.97. The number of anilines is 1. The topological polar surface area (TPSA) is 29.1 Å². The van der Waals surface area contributed by atoms with Gasteiger partial charge >= 0.3 is 0 Å². The SMILES string of the molecule is O=C(Nc1ccc2c3c(cccc13)-c1ccccc1-2)c1ccc(Cl)cc1Cl. The molecule has 5 rings (SSSR count). The quantitative estimate of drug-likeness (QED) is 0.344. The molecule has 130 valence electrons. The molecule has 27 heavy (non-hydrogen) atoms. The smallest absolute Gasteiger partial charge is 0.257 e. The van der Waals surface area contributed by atoms with Crippen LogP contribution in [0.2, 0.25) is 10.0 Å². The summed E-state index contributed by atoms with van der Waals surface area (Å²) in [6.07, 6.45) is 0. The lowest BCUT2D eigenvalue weighted by Gasteiger charge is -2.11. The molecule has 1 N–H and O–H groups in total. The normalized spacial score (nSPS) is 11.5. The number of hydrogen-bond acceptors (Lipinski definition) is 1. The molecule has 0 heterocycles. The highest BCUT2D eigenvalue weighted by molar-refractivity contribution is 6.37. The van der Waals surface area contributed by atoms with Crippen LogP contribution >= 0.6 is 23.2 Å². The number of rotatable bonds is 2. The summed E-state index contributed by atoms with van der Waals surface area (Å²) in [5.74, 6) is -0.257. The molecule has 1 aliphatic carbocycles. The van der Waals surface area contributed by atoms with Gasteiger partial charge in [0.15, 0.2) is 0 Å². The van der Waals surface area contributed by atoms with Gasteiger partial charge < -0.3 is 5.32 Å². The van der Waals surface area contributed by atoms with E-state index in [0.29, 0.717) is 15.6 Å². The Bertz CT molecular complexity index is 1220. The number of carbonyl (C=O) groups is 1. The van der Waals surface area contributed by atoms with Gasteiger partial charge in [-0.05, 0) is 51.9 Å². The van der Waals surface area contributed by atoms with E-state index in [1.807, 2.05) is 18.2 Å². The van der Waals surface area contributed by atoms with E-state index in [2.05, 4.69) is 41.7 Å². The summed E-state index contributed by atoms with van der Waals surface area (Å²) in [5, 5.41) is 6.01. The Morgan fingerprint density at radius 1 is 0.741 bits per heavy atom. The predicted octanol–water partition coefficient (Wildman–Crippen LogP) is 7.05. The minimum absolute atomic E-state index is 0.257. The van der Waals surface area contributed by atoms with E-state index in [4.69, 9.17) is 23.2 Å². The highest BCUT2D eigenvalue weighted by atomic mass is 35.5. The Hall–Kier alpha value is -2.81. The lowest BCUT2D eigenvalue weighted by atomic mass is 10.0. The molecular formula is C23H13Cl2NO. The molecule has 0 saturated carbocycles. The van der Waals surface area contributed by atoms with Gasteiger partial charge in [-0.3, -0.25) is 4.79 Å². The van der Waals surface area contributed by atoms with Gasteiger partial charge in [0.05, 0.1) is 10.6 Å². The van der Waals surface area contributed by atoms with Crippen LogP contribution in [-0.4, -0.2) is 5.91 Å². The van der Waals surface area contributed by atoms with E-state index < -0.39 is 0 Å². The Kier molecular flexibility index (Phi) is 3.71. The van der Waals surface area contributed by atoms with Gasteiger partial charge in [-0.1, -0.05) is 71.7 Å². The molecule has 0 radical (unpaired) electrons. The van der Waals surface area contributed by atoms with Crippen LogP contribution in [0, 0.1) is 0 Å². The van der Waals surface area contributed by atoms with Gasteiger partial charge in [-0.2, -0.15) is 0 Å². The Morgan fingerprint density at radius 2 is 1.44 bits per heavy atom. The lowest BCUT2D eigenvalue weighted by Crippen LogP contribution is -2.12. The number of benzene rings is 4. The van der Waals surface area contributed by atoms with Crippen molar-refractivity contribution in [2.45, 2.75) is 0 Å². The van der Waals surface area contributed by atoms with Gasteiger partial charge in [0.2, 0.25) is 0 Å². The highest BCUT2D eigenvalue weighted by Crippen LogP contribution is 2.48. The van der Waals surface area contributed by atoms with E-state index in [0.717, 1.165) is 11.1 Å². The minimum atomic E-state index is -0.257. The third-order valence-corrected chi connectivity index (χ3v) is 5.52. The predicted molar refractivity (Wildman–Crippen MR) is 113 cm³/mol. The number of fused-ring (bicyclic) bond motifs is 3. The molecule has 4 aromatic rings. The van der Waals surface area contributed by atoms with Crippen molar-refractivity contribution in [3.05, 3.63) is 88.4 Å². The van der Waals surface area contributed by atoms with Crippen LogP contribution in [-0.2, 0) is 0 Å². The largest absolute Gasteiger partial charge is 0.321 e. The van der Waals surface area contributed by atoms with Crippen LogP contribution in [0.1, 0.15) is 10.4 Å². The van der Waals surface area contributed by atoms with Crippen LogP contribution in [0.25, 0.3) is 33.0 Å². The van der Waals surface area contributed by atoms with Crippen molar-refractivity contribution in [2.75, 3.05) is 5.32 Å². The maximum absolute atomic E-state index is 12.8. The van der Waals surface area contributed by atoms with E-state index in [-0.39, 0.29) is 5.91 Å². The van der Waals surface area contributed by atoms with E-state index in [1.54, 1.807) is 18.2 Å². The van der Waals surface area contributed by atoms with E-state index in [1.165, 1.54) is 27.6 Å². The van der Waals surface area contributed by atoms with Gasteiger partial charge in [-0.25, -0.2) is 0 Å². The van der Waals surface area contributed by atoms with E-state index in [9.17, 15) is 4.79 Å². The number of carbonyl (C=O) groups excluding carboxylic acids is 1. The molecule has 4 heteroatoms. The molecule has 1 aliphatic rings. The molecule has 0 unspecified atom stereocenters. The van der Waals surface area contributed by atoms with Crippen LogP contribution < -0.4 is 5.32 Å². The maximum Gasteiger partial charge on any atom is 0.257 e. The molecule has 4 aromatic carbocycles. The summed E-state index contributed by atoms with van der Waals surface area (Å²) in [6, 6.07) is 23.4. The van der Waals surface area contributed by atoms with Crippen LogP contribution in [0.3, 0.4) is 0 Å². The summed E-state index contributed by atoms with van der Waals surface area (Å²) in [7, 11) is 0. The Morgan fingerprint density at radius 3 is 2.19 bits per heavy atom. The zero-order valence-electron chi connectivity index (χ0n) is 14.1. The summed E-state index contributed by atoms with van der Waals surface area (Å²) in [4.78, 5) is 12.8. The number of halogens is 2. The lowest BCUT2D eigenvalue weighted by molar-refractivity contribution is 0.102. The van der Waals surface area contributed by atoms with Crippen molar-refractivity contribution in [3.63, 3.8) is 0 Å². The van der Waals surface area contributed by atoms with Crippen molar-refractivity contribution in [1.29, 1.82) is 0 Å².